The molecule has 0 aliphatic carbocycles. The average molecular weight is 643 g/mol. The molecule has 0 radical (unpaired) electrons. The molecule has 2 nitrogen and oxygen atoms in total. The summed E-state index contributed by atoms with van der Waals surface area (Å²) in [5, 5.41) is 2.40. The van der Waals surface area contributed by atoms with Gasteiger partial charge >= 0.3 is 0 Å². The molecule has 0 bridgehead atoms. The number of thiophene rings is 1. The van der Waals surface area contributed by atoms with E-state index >= 15 is 0 Å². The van der Waals surface area contributed by atoms with Crippen LogP contribution in [0.5, 0.6) is 11.5 Å². The highest BCUT2D eigenvalue weighted by atomic mass is 32.1. The molecule has 1 atom stereocenters. The van der Waals surface area contributed by atoms with E-state index in [1.165, 1.54) is 96.1 Å². The fourth-order valence-electron chi connectivity index (χ4n) is 6.50. The third kappa shape index (κ3) is 9.26. The predicted octanol–water partition coefficient (Wildman–Crippen LogP) is 12.8. The molecule has 5 rings (SSSR count). The van der Waals surface area contributed by atoms with Crippen molar-refractivity contribution in [1.82, 2.24) is 0 Å². The highest BCUT2D eigenvalue weighted by Gasteiger charge is 2.18. The van der Waals surface area contributed by atoms with E-state index in [0.717, 1.165) is 28.5 Å². The molecular weight excluding hydrogens is 593 g/mol. The monoisotopic (exact) mass is 642 g/mol. The van der Waals surface area contributed by atoms with Crippen LogP contribution >= 0.6 is 11.3 Å². The van der Waals surface area contributed by atoms with Crippen LogP contribution in [0.1, 0.15) is 93.0 Å². The predicted molar refractivity (Wildman–Crippen MR) is 203 cm³/mol. The molecule has 0 aliphatic rings. The maximum Gasteiger partial charge on any atom is 0.118 e. The van der Waals surface area contributed by atoms with Gasteiger partial charge in [-0.3, -0.25) is 0 Å². The van der Waals surface area contributed by atoms with Crippen LogP contribution in [0.3, 0.4) is 0 Å². The van der Waals surface area contributed by atoms with Crippen molar-refractivity contribution in [1.29, 1.82) is 0 Å². The van der Waals surface area contributed by atoms with E-state index in [1.54, 1.807) is 14.2 Å². The van der Waals surface area contributed by atoms with Gasteiger partial charge < -0.3 is 9.47 Å². The fraction of sp³-hybridized carbons (Fsp3) is 0.318. The van der Waals surface area contributed by atoms with Crippen molar-refractivity contribution in [2.45, 2.75) is 71.6 Å². The maximum absolute atomic E-state index is 5.50. The second kappa shape index (κ2) is 17.7. The highest BCUT2D eigenvalue weighted by Crippen LogP contribution is 2.39. The van der Waals surface area contributed by atoms with E-state index in [1.807, 2.05) is 35.6 Å². The minimum Gasteiger partial charge on any atom is -0.497 e. The normalized spacial score (nSPS) is 11.7. The van der Waals surface area contributed by atoms with E-state index < -0.39 is 0 Å². The number of hydrogen-bond donors (Lipinski definition) is 0. The lowest BCUT2D eigenvalue weighted by molar-refractivity contribution is 0.410. The fourth-order valence-corrected chi connectivity index (χ4v) is 7.43. The Morgan fingerprint density at radius 2 is 1.09 bits per heavy atom. The lowest BCUT2D eigenvalue weighted by Gasteiger charge is -2.19. The Hall–Kier alpha value is -4.08. The molecule has 47 heavy (non-hydrogen) atoms. The van der Waals surface area contributed by atoms with Crippen LogP contribution in [-0.2, 0) is 6.42 Å². The van der Waals surface area contributed by atoms with Gasteiger partial charge in [-0.1, -0.05) is 144 Å². The van der Waals surface area contributed by atoms with Gasteiger partial charge in [-0.15, -0.1) is 11.3 Å². The van der Waals surface area contributed by atoms with E-state index in [9.17, 15) is 0 Å². The van der Waals surface area contributed by atoms with E-state index in [2.05, 4.69) is 104 Å². The summed E-state index contributed by atoms with van der Waals surface area (Å²) in [6, 6.07) is 39.1. The van der Waals surface area contributed by atoms with Crippen LogP contribution in [0.25, 0.3) is 21.6 Å². The second-order valence-electron chi connectivity index (χ2n) is 12.5. The number of benzene rings is 4. The minimum absolute atomic E-state index is 0.796. The Bertz CT molecular complexity index is 1610. The van der Waals surface area contributed by atoms with Gasteiger partial charge in [0.1, 0.15) is 11.5 Å². The summed E-state index contributed by atoms with van der Waals surface area (Å²) < 4.78 is 11.0. The number of unbranched alkanes of at least 4 members (excludes halogenated alkanes) is 4. The molecule has 3 heteroatoms. The first kappa shape index (κ1) is 34.3. The van der Waals surface area contributed by atoms with Crippen molar-refractivity contribution < 1.29 is 9.47 Å². The number of hydrogen-bond acceptors (Lipinski definition) is 3. The van der Waals surface area contributed by atoms with Crippen LogP contribution in [0.2, 0.25) is 0 Å². The molecule has 0 N–H and O–H groups in total. The summed E-state index contributed by atoms with van der Waals surface area (Å²) in [5.74, 6) is 2.48. The summed E-state index contributed by atoms with van der Waals surface area (Å²) in [6.45, 7) is 4.61. The average Bonchev–Trinajstić information content (AvgIpc) is 3.60. The van der Waals surface area contributed by atoms with Crippen molar-refractivity contribution in [2.24, 2.45) is 5.92 Å². The van der Waals surface area contributed by atoms with Gasteiger partial charge in [-0.2, -0.15) is 0 Å². The van der Waals surface area contributed by atoms with Crippen LogP contribution in [0.4, 0.5) is 0 Å². The second-order valence-corrected chi connectivity index (χ2v) is 13.4. The number of ether oxygens (including phenoxy) is 2. The smallest absolute Gasteiger partial charge is 0.118 e. The molecule has 1 heterocycles. The third-order valence-corrected chi connectivity index (χ3v) is 10.2. The van der Waals surface area contributed by atoms with Crippen molar-refractivity contribution in [3.05, 3.63) is 142 Å². The van der Waals surface area contributed by atoms with Gasteiger partial charge in [-0.25, -0.2) is 0 Å². The molecule has 5 aromatic rings. The zero-order valence-corrected chi connectivity index (χ0v) is 29.5. The van der Waals surface area contributed by atoms with Crippen molar-refractivity contribution in [2.75, 3.05) is 14.2 Å². The van der Waals surface area contributed by atoms with Gasteiger partial charge in [0, 0.05) is 4.88 Å². The Morgan fingerprint density at radius 3 is 1.62 bits per heavy atom. The molecule has 244 valence electrons. The Morgan fingerprint density at radius 1 is 0.574 bits per heavy atom. The largest absolute Gasteiger partial charge is 0.497 e. The highest BCUT2D eigenvalue weighted by molar-refractivity contribution is 7.13. The van der Waals surface area contributed by atoms with Gasteiger partial charge in [0.05, 0.1) is 14.2 Å². The summed E-state index contributed by atoms with van der Waals surface area (Å²) in [5.41, 5.74) is 9.77. The van der Waals surface area contributed by atoms with Crippen LogP contribution in [-0.4, -0.2) is 14.2 Å². The first-order valence-electron chi connectivity index (χ1n) is 17.4. The minimum atomic E-state index is 0.796. The molecule has 4 aromatic carbocycles. The molecule has 1 unspecified atom stereocenters. The first-order valence-corrected chi connectivity index (χ1v) is 18.3. The lowest BCUT2D eigenvalue weighted by Crippen LogP contribution is -2.04. The molecule has 0 fully saturated rings. The summed E-state index contributed by atoms with van der Waals surface area (Å²) in [6.07, 6.45) is 11.9. The Kier molecular flexibility index (Phi) is 12.9. The molecule has 0 aliphatic heterocycles. The summed E-state index contributed by atoms with van der Waals surface area (Å²) in [7, 11) is 3.42. The molecule has 0 amide bonds. The first-order chi connectivity index (χ1) is 23.1. The van der Waals surface area contributed by atoms with Crippen molar-refractivity contribution in [3.63, 3.8) is 0 Å². The van der Waals surface area contributed by atoms with Crippen LogP contribution in [0, 0.1) is 5.92 Å². The van der Waals surface area contributed by atoms with E-state index in [-0.39, 0.29) is 0 Å². The van der Waals surface area contributed by atoms with E-state index in [4.69, 9.17) is 9.47 Å². The van der Waals surface area contributed by atoms with Gasteiger partial charge in [-0.05, 0) is 92.6 Å². The van der Waals surface area contributed by atoms with Gasteiger partial charge in [0.15, 0.2) is 0 Å². The van der Waals surface area contributed by atoms with Crippen molar-refractivity contribution in [3.8, 4) is 21.9 Å². The van der Waals surface area contributed by atoms with Crippen LogP contribution < -0.4 is 9.47 Å². The maximum atomic E-state index is 5.50. The number of rotatable bonds is 17. The summed E-state index contributed by atoms with van der Waals surface area (Å²) in [4.78, 5) is 1.35. The van der Waals surface area contributed by atoms with Crippen LogP contribution in [0.15, 0.2) is 115 Å². The Balaban J connectivity index is 1.50. The number of methoxy groups -OCH3 is 2. The SMILES string of the molecule is CCCCCCC(CCCC)Cc1csc(-c2ccc(C(=C(c3ccc(OC)cc3)c3ccc(OC)cc3)c3ccccc3)cc2)c1. The quantitative estimate of drug-likeness (QED) is 0.0742. The van der Waals surface area contributed by atoms with E-state index in [0.29, 0.717) is 0 Å². The van der Waals surface area contributed by atoms with Gasteiger partial charge in [0.2, 0.25) is 0 Å². The Labute approximate surface area is 287 Å². The standard InChI is InChI=1S/C44H50O2S/c1-5-7-9-11-15-33(14-8-6-2)30-34-31-42(47-32-34)35-18-20-37(21-19-35)43(36-16-12-10-13-17-36)44(38-22-26-40(45-3)27-23-38)39-24-28-41(46-4)29-25-39/h10,12-13,16-29,31-33H,5-9,11,14-15,30H2,1-4H3. The third-order valence-electron chi connectivity index (χ3n) is 9.14. The zero-order valence-electron chi connectivity index (χ0n) is 28.6. The summed E-state index contributed by atoms with van der Waals surface area (Å²) >= 11 is 1.88. The van der Waals surface area contributed by atoms with Crippen molar-refractivity contribution >= 4 is 22.5 Å². The molecule has 0 saturated heterocycles. The van der Waals surface area contributed by atoms with Gasteiger partial charge in [0.25, 0.3) is 0 Å². The molecule has 0 spiro atoms. The zero-order chi connectivity index (χ0) is 32.8. The molecule has 1 aromatic heterocycles. The molecule has 0 saturated carbocycles. The topological polar surface area (TPSA) is 18.5 Å². The molecular formula is C44H50O2S. The lowest BCUT2D eigenvalue weighted by atomic mass is 9.85.